The summed E-state index contributed by atoms with van der Waals surface area (Å²) in [4.78, 5) is 46.2. The summed E-state index contributed by atoms with van der Waals surface area (Å²) in [7, 11) is 2.84. The van der Waals surface area contributed by atoms with E-state index in [0.717, 1.165) is 4.57 Å². The number of pyridine rings is 1. The van der Waals surface area contributed by atoms with Gasteiger partial charge < -0.3 is 14.5 Å². The zero-order valence-corrected chi connectivity index (χ0v) is 19.5. The first-order valence-electron chi connectivity index (χ1n) is 10.0. The fraction of sp³-hybridized carbons (Fsp3) is 0.0833. The quantitative estimate of drug-likeness (QED) is 0.372. The summed E-state index contributed by atoms with van der Waals surface area (Å²) in [6, 6.07) is 11.8. The highest BCUT2D eigenvalue weighted by Crippen LogP contribution is 2.37. The summed E-state index contributed by atoms with van der Waals surface area (Å²) in [6.07, 6.45) is 3.00. The van der Waals surface area contributed by atoms with E-state index in [-0.39, 0.29) is 5.69 Å². The third-order valence-corrected chi connectivity index (χ3v) is 6.90. The lowest BCUT2D eigenvalue weighted by atomic mass is 10.1. The molecule has 1 N–H and O–H groups in total. The van der Waals surface area contributed by atoms with Crippen molar-refractivity contribution in [3.63, 3.8) is 0 Å². The number of H-pyrrole nitrogens is 1. The number of nitrogens with one attached hydrogen (secondary N) is 1. The van der Waals surface area contributed by atoms with E-state index < -0.39 is 17.2 Å². The standard InChI is InChI=1S/C24H16ClN3O5S/c1-32-14-5-6-17(25)16(8-14)20-9-18-21(34-20)22(29)28(24(31)27-18)19-11-26-10-13-4-3-12(7-15(13)19)23(30)33-2/h3-11H,1-2H3,(H,27,31). The van der Waals surface area contributed by atoms with Crippen LogP contribution in [0.1, 0.15) is 10.4 Å². The Morgan fingerprint density at radius 1 is 1.09 bits per heavy atom. The van der Waals surface area contributed by atoms with Gasteiger partial charge in [-0.2, -0.15) is 0 Å². The van der Waals surface area contributed by atoms with Gasteiger partial charge >= 0.3 is 11.7 Å². The first kappa shape index (κ1) is 21.9. The maximum Gasteiger partial charge on any atom is 0.337 e. The van der Waals surface area contributed by atoms with Crippen molar-refractivity contribution in [3.8, 4) is 21.9 Å². The Bertz CT molecular complexity index is 1720. The molecule has 8 nitrogen and oxygen atoms in total. The number of fused-ring (bicyclic) bond motifs is 2. The van der Waals surface area contributed by atoms with Crippen LogP contribution in [-0.4, -0.2) is 34.7 Å². The predicted molar refractivity (Wildman–Crippen MR) is 132 cm³/mol. The number of halogens is 1. The number of nitrogens with zero attached hydrogens (tertiary/aromatic N) is 2. The fourth-order valence-electron chi connectivity index (χ4n) is 3.75. The van der Waals surface area contributed by atoms with Crippen molar-refractivity contribution in [1.29, 1.82) is 0 Å². The number of carbonyl (C=O) groups is 1. The Labute approximate surface area is 201 Å². The Hall–Kier alpha value is -3.95. The van der Waals surface area contributed by atoms with Gasteiger partial charge in [0.05, 0.1) is 37.2 Å². The van der Waals surface area contributed by atoms with E-state index in [1.54, 1.807) is 55.8 Å². The molecular weight excluding hydrogens is 478 g/mol. The van der Waals surface area contributed by atoms with Gasteiger partial charge in [0, 0.05) is 32.4 Å². The number of benzene rings is 2. The minimum atomic E-state index is -0.628. The highest BCUT2D eigenvalue weighted by Gasteiger charge is 2.18. The third kappa shape index (κ3) is 3.55. The predicted octanol–water partition coefficient (Wildman–Crippen LogP) is 4.40. The van der Waals surface area contributed by atoms with Gasteiger partial charge in [-0.3, -0.25) is 9.78 Å². The van der Waals surface area contributed by atoms with E-state index >= 15 is 0 Å². The number of rotatable bonds is 4. The topological polar surface area (TPSA) is 103 Å². The SMILES string of the molecule is COC(=O)c1ccc2cncc(-n3c(=O)[nH]c4cc(-c5cc(OC)ccc5Cl)sc4c3=O)c2c1. The molecule has 0 spiro atoms. The minimum absolute atomic E-state index is 0.255. The van der Waals surface area contributed by atoms with Crippen LogP contribution in [0.25, 0.3) is 37.1 Å². The number of hydrogen-bond acceptors (Lipinski definition) is 7. The van der Waals surface area contributed by atoms with Crippen molar-refractivity contribution in [1.82, 2.24) is 14.5 Å². The lowest BCUT2D eigenvalue weighted by molar-refractivity contribution is 0.0601. The number of aromatic amines is 1. The van der Waals surface area contributed by atoms with Gasteiger partial charge in [0.15, 0.2) is 0 Å². The molecule has 0 atom stereocenters. The lowest BCUT2D eigenvalue weighted by Crippen LogP contribution is -2.33. The number of hydrogen-bond donors (Lipinski definition) is 1. The summed E-state index contributed by atoms with van der Waals surface area (Å²) in [5, 5.41) is 1.66. The summed E-state index contributed by atoms with van der Waals surface area (Å²) < 4.78 is 11.4. The maximum absolute atomic E-state index is 13.5. The summed E-state index contributed by atoms with van der Waals surface area (Å²) in [6.45, 7) is 0. The van der Waals surface area contributed by atoms with Gasteiger partial charge in [0.1, 0.15) is 10.4 Å². The zero-order valence-electron chi connectivity index (χ0n) is 17.9. The number of aromatic nitrogens is 3. The second kappa shape index (κ2) is 8.44. The molecule has 5 aromatic rings. The van der Waals surface area contributed by atoms with Crippen LogP contribution in [0.5, 0.6) is 5.75 Å². The molecule has 3 aromatic heterocycles. The second-order valence-corrected chi connectivity index (χ2v) is 8.82. The van der Waals surface area contributed by atoms with Gasteiger partial charge in [0.2, 0.25) is 0 Å². The van der Waals surface area contributed by atoms with Crippen LogP contribution in [-0.2, 0) is 4.74 Å². The molecule has 0 saturated carbocycles. The van der Waals surface area contributed by atoms with Crippen LogP contribution >= 0.6 is 22.9 Å². The number of esters is 1. The molecule has 34 heavy (non-hydrogen) atoms. The fourth-order valence-corrected chi connectivity index (χ4v) is 5.10. The van der Waals surface area contributed by atoms with E-state index in [4.69, 9.17) is 21.1 Å². The highest BCUT2D eigenvalue weighted by atomic mass is 35.5. The zero-order chi connectivity index (χ0) is 24.0. The van der Waals surface area contributed by atoms with Crippen LogP contribution in [0.3, 0.4) is 0 Å². The van der Waals surface area contributed by atoms with E-state index in [1.807, 2.05) is 0 Å². The maximum atomic E-state index is 13.5. The van der Waals surface area contributed by atoms with Crippen molar-refractivity contribution in [2.75, 3.05) is 14.2 Å². The average Bonchev–Trinajstić information content (AvgIpc) is 3.27. The first-order chi connectivity index (χ1) is 16.4. The first-order valence-corrected chi connectivity index (χ1v) is 11.2. The monoisotopic (exact) mass is 493 g/mol. The smallest absolute Gasteiger partial charge is 0.337 e. The molecule has 10 heteroatoms. The molecule has 5 rings (SSSR count). The Kier molecular flexibility index (Phi) is 5.43. The normalized spacial score (nSPS) is 11.1. The molecule has 2 aromatic carbocycles. The molecule has 0 saturated heterocycles. The van der Waals surface area contributed by atoms with Crippen LogP contribution < -0.4 is 16.0 Å². The lowest BCUT2D eigenvalue weighted by Gasteiger charge is -2.09. The molecule has 3 heterocycles. The highest BCUT2D eigenvalue weighted by molar-refractivity contribution is 7.22. The molecule has 0 amide bonds. The van der Waals surface area contributed by atoms with Crippen molar-refractivity contribution in [3.05, 3.63) is 86.3 Å². The van der Waals surface area contributed by atoms with E-state index in [9.17, 15) is 14.4 Å². The molecule has 170 valence electrons. The molecular formula is C24H16ClN3O5S. The largest absolute Gasteiger partial charge is 0.497 e. The van der Waals surface area contributed by atoms with Crippen molar-refractivity contribution < 1.29 is 14.3 Å². The van der Waals surface area contributed by atoms with Crippen molar-refractivity contribution >= 4 is 49.9 Å². The van der Waals surface area contributed by atoms with E-state index in [2.05, 4.69) is 9.97 Å². The van der Waals surface area contributed by atoms with Crippen molar-refractivity contribution in [2.45, 2.75) is 0 Å². The minimum Gasteiger partial charge on any atom is -0.497 e. The number of methoxy groups -OCH3 is 2. The van der Waals surface area contributed by atoms with Gasteiger partial charge in [-0.05, 0) is 36.4 Å². The van der Waals surface area contributed by atoms with Crippen molar-refractivity contribution in [2.24, 2.45) is 0 Å². The molecule has 0 fully saturated rings. The van der Waals surface area contributed by atoms with E-state index in [0.29, 0.717) is 47.8 Å². The second-order valence-electron chi connectivity index (χ2n) is 7.36. The Morgan fingerprint density at radius 2 is 1.91 bits per heavy atom. The average molecular weight is 494 g/mol. The Morgan fingerprint density at radius 3 is 2.68 bits per heavy atom. The Balaban J connectivity index is 1.75. The van der Waals surface area contributed by atoms with E-state index in [1.165, 1.54) is 24.6 Å². The van der Waals surface area contributed by atoms with Gasteiger partial charge in [0.25, 0.3) is 5.56 Å². The third-order valence-electron chi connectivity index (χ3n) is 5.41. The summed E-state index contributed by atoms with van der Waals surface area (Å²) in [5.41, 5.74) is 0.491. The molecule has 0 aliphatic rings. The van der Waals surface area contributed by atoms with Gasteiger partial charge in [-0.15, -0.1) is 11.3 Å². The number of ether oxygens (including phenoxy) is 2. The molecule has 0 radical (unpaired) electrons. The van der Waals surface area contributed by atoms with Crippen LogP contribution in [0.2, 0.25) is 5.02 Å². The van der Waals surface area contributed by atoms with Gasteiger partial charge in [-0.25, -0.2) is 14.2 Å². The molecule has 0 unspecified atom stereocenters. The van der Waals surface area contributed by atoms with Gasteiger partial charge in [-0.1, -0.05) is 17.7 Å². The van der Waals surface area contributed by atoms with Crippen LogP contribution in [0.4, 0.5) is 0 Å². The van der Waals surface area contributed by atoms with Crippen LogP contribution in [0.15, 0.2) is 64.4 Å². The van der Waals surface area contributed by atoms with Crippen LogP contribution in [0, 0.1) is 0 Å². The molecule has 0 aliphatic heterocycles. The number of thiophene rings is 1. The summed E-state index contributed by atoms with van der Waals surface area (Å²) in [5.74, 6) is 0.0884. The molecule has 0 aliphatic carbocycles. The summed E-state index contributed by atoms with van der Waals surface area (Å²) >= 11 is 7.59. The number of carbonyl (C=O) groups excluding carboxylic acids is 1. The molecule has 0 bridgehead atoms.